The zero-order valence-electron chi connectivity index (χ0n) is 13.1. The largest absolute Gasteiger partial charge is 0.331 e. The molecule has 2 aliphatic rings. The Labute approximate surface area is 138 Å². The molecule has 124 valence electrons. The van der Waals surface area contributed by atoms with Gasteiger partial charge in [0.15, 0.2) is 0 Å². The molecule has 0 unspecified atom stereocenters. The fourth-order valence-corrected chi connectivity index (χ4v) is 4.11. The molecule has 2 saturated heterocycles. The number of hydrogen-bond acceptors (Lipinski definition) is 3. The number of amides is 1. The van der Waals surface area contributed by atoms with Gasteiger partial charge in [0, 0.05) is 18.2 Å². The van der Waals surface area contributed by atoms with Gasteiger partial charge in [-0.3, -0.25) is 9.59 Å². The quantitative estimate of drug-likeness (QED) is 0.921. The zero-order chi connectivity index (χ0) is 16.7. The van der Waals surface area contributed by atoms with Crippen LogP contribution in [0.4, 0.5) is 4.39 Å². The predicted molar refractivity (Wildman–Crippen MR) is 86.2 cm³/mol. The summed E-state index contributed by atoms with van der Waals surface area (Å²) in [5.74, 6) is 0.0190. The number of aromatic amines is 1. The molecule has 2 fully saturated rings. The molecule has 5 nitrogen and oxygen atoms in total. The molecule has 4 rings (SSSR count). The van der Waals surface area contributed by atoms with Crippen LogP contribution < -0.4 is 5.56 Å². The Morgan fingerprint density at radius 2 is 1.75 bits per heavy atom. The van der Waals surface area contributed by atoms with Crippen molar-refractivity contribution >= 4 is 5.91 Å². The highest BCUT2D eigenvalue weighted by Gasteiger charge is 2.44. The van der Waals surface area contributed by atoms with Crippen molar-refractivity contribution in [3.63, 3.8) is 0 Å². The molecule has 3 heterocycles. The summed E-state index contributed by atoms with van der Waals surface area (Å²) in [5.41, 5.74) is 1.11. The van der Waals surface area contributed by atoms with E-state index in [1.54, 1.807) is 0 Å². The molecule has 1 aromatic carbocycles. The highest BCUT2D eigenvalue weighted by atomic mass is 19.1. The maximum absolute atomic E-state index is 13.1. The number of nitrogens with one attached hydrogen (secondary N) is 1. The average molecular weight is 327 g/mol. The van der Waals surface area contributed by atoms with Crippen LogP contribution in [0.3, 0.4) is 0 Å². The molecule has 2 bridgehead atoms. The Morgan fingerprint density at radius 1 is 1.08 bits per heavy atom. The second-order valence-electron chi connectivity index (χ2n) is 6.62. The maximum atomic E-state index is 13.1. The first kappa shape index (κ1) is 15.1. The van der Waals surface area contributed by atoms with E-state index in [1.165, 1.54) is 24.3 Å². The topological polar surface area (TPSA) is 66.1 Å². The van der Waals surface area contributed by atoms with Gasteiger partial charge < -0.3 is 4.90 Å². The Kier molecular flexibility index (Phi) is 3.67. The van der Waals surface area contributed by atoms with Crippen LogP contribution in [0, 0.1) is 5.82 Å². The summed E-state index contributed by atoms with van der Waals surface area (Å²) in [7, 11) is 0. The van der Waals surface area contributed by atoms with Gasteiger partial charge in [0.1, 0.15) is 11.5 Å². The van der Waals surface area contributed by atoms with Gasteiger partial charge in [-0.25, -0.2) is 9.49 Å². The molecule has 0 saturated carbocycles. The summed E-state index contributed by atoms with van der Waals surface area (Å²) in [6, 6.07) is 9.86. The van der Waals surface area contributed by atoms with Crippen LogP contribution >= 0.6 is 0 Å². The Bertz CT molecular complexity index is 783. The molecule has 2 atom stereocenters. The van der Waals surface area contributed by atoms with E-state index < -0.39 is 0 Å². The first-order chi connectivity index (χ1) is 11.6. The predicted octanol–water partition coefficient (Wildman–Crippen LogP) is 2.46. The Hall–Kier alpha value is -2.50. The molecule has 6 heteroatoms. The number of aromatic nitrogens is 2. The molecule has 1 amide bonds. The first-order valence-electron chi connectivity index (χ1n) is 8.25. The van der Waals surface area contributed by atoms with E-state index in [-0.39, 0.29) is 35.1 Å². The summed E-state index contributed by atoms with van der Waals surface area (Å²) in [6.45, 7) is 0. The van der Waals surface area contributed by atoms with Crippen molar-refractivity contribution < 1.29 is 9.18 Å². The average Bonchev–Trinajstić information content (AvgIpc) is 2.85. The number of H-pyrrole nitrogens is 1. The third kappa shape index (κ3) is 2.62. The SMILES string of the molecule is O=C(c1ccc(=O)[nH]n1)N1[C@@H]2CC[C@@H]1CC(c1ccc(F)cc1)C2. The normalized spacial score (nSPS) is 25.7. The summed E-state index contributed by atoms with van der Waals surface area (Å²) in [6.07, 6.45) is 3.74. The second kappa shape index (κ2) is 5.85. The van der Waals surface area contributed by atoms with Crippen molar-refractivity contribution in [2.24, 2.45) is 0 Å². The van der Waals surface area contributed by atoms with E-state index >= 15 is 0 Å². The third-order valence-corrected chi connectivity index (χ3v) is 5.21. The lowest BCUT2D eigenvalue weighted by molar-refractivity contribution is 0.0564. The number of hydrogen-bond donors (Lipinski definition) is 1. The number of piperidine rings is 1. The van der Waals surface area contributed by atoms with Crippen LogP contribution in [-0.2, 0) is 0 Å². The van der Waals surface area contributed by atoms with Crippen molar-refractivity contribution in [1.82, 2.24) is 15.1 Å². The van der Waals surface area contributed by atoms with Gasteiger partial charge in [0.25, 0.3) is 11.5 Å². The van der Waals surface area contributed by atoms with E-state index in [0.29, 0.717) is 5.92 Å². The molecule has 1 N–H and O–H groups in total. The minimum absolute atomic E-state index is 0.115. The van der Waals surface area contributed by atoms with Crippen molar-refractivity contribution in [3.8, 4) is 0 Å². The van der Waals surface area contributed by atoms with Gasteiger partial charge in [0.2, 0.25) is 0 Å². The number of nitrogens with zero attached hydrogens (tertiary/aromatic N) is 2. The third-order valence-electron chi connectivity index (χ3n) is 5.21. The molecular formula is C18H18FN3O2. The van der Waals surface area contributed by atoms with E-state index in [1.807, 2.05) is 17.0 Å². The van der Waals surface area contributed by atoms with Crippen molar-refractivity contribution in [2.75, 3.05) is 0 Å². The first-order valence-corrected chi connectivity index (χ1v) is 8.25. The minimum atomic E-state index is -0.315. The van der Waals surface area contributed by atoms with Crippen LogP contribution in [0.15, 0.2) is 41.2 Å². The number of carbonyl (C=O) groups excluding carboxylic acids is 1. The zero-order valence-corrected chi connectivity index (χ0v) is 13.1. The van der Waals surface area contributed by atoms with Gasteiger partial charge in [-0.1, -0.05) is 12.1 Å². The molecule has 0 spiro atoms. The van der Waals surface area contributed by atoms with Crippen LogP contribution in [0.5, 0.6) is 0 Å². The number of rotatable bonds is 2. The fraction of sp³-hybridized carbons (Fsp3) is 0.389. The Morgan fingerprint density at radius 3 is 2.33 bits per heavy atom. The minimum Gasteiger partial charge on any atom is -0.331 e. The molecule has 2 aromatic rings. The highest BCUT2D eigenvalue weighted by Crippen LogP contribution is 2.43. The van der Waals surface area contributed by atoms with E-state index in [2.05, 4.69) is 10.2 Å². The number of fused-ring (bicyclic) bond motifs is 2. The molecule has 1 aromatic heterocycles. The maximum Gasteiger partial charge on any atom is 0.274 e. The van der Waals surface area contributed by atoms with E-state index in [0.717, 1.165) is 31.2 Å². The van der Waals surface area contributed by atoms with Crippen molar-refractivity contribution in [3.05, 3.63) is 63.8 Å². The second-order valence-corrected chi connectivity index (χ2v) is 6.62. The standard InChI is InChI=1S/C18H18FN3O2/c19-13-3-1-11(2-4-13)12-9-14-5-6-15(10-12)22(14)18(24)16-7-8-17(23)21-20-16/h1-4,7-8,12,14-15H,5-6,9-10H2,(H,21,23)/t14-,15-/m1/s1. The lowest BCUT2D eigenvalue weighted by Gasteiger charge is -2.39. The van der Waals surface area contributed by atoms with E-state index in [9.17, 15) is 14.0 Å². The lowest BCUT2D eigenvalue weighted by atomic mass is 9.85. The van der Waals surface area contributed by atoms with Crippen LogP contribution in [0.1, 0.15) is 47.7 Å². The number of halogens is 1. The Balaban J connectivity index is 1.54. The van der Waals surface area contributed by atoms with Crippen LogP contribution in [0.25, 0.3) is 0 Å². The van der Waals surface area contributed by atoms with Gasteiger partial charge in [-0.05, 0) is 55.4 Å². The van der Waals surface area contributed by atoms with Gasteiger partial charge in [-0.2, -0.15) is 5.10 Å². The monoisotopic (exact) mass is 327 g/mol. The summed E-state index contributed by atoms with van der Waals surface area (Å²) >= 11 is 0. The lowest BCUT2D eigenvalue weighted by Crippen LogP contribution is -2.46. The van der Waals surface area contributed by atoms with Crippen molar-refractivity contribution in [2.45, 2.75) is 43.7 Å². The molecule has 0 aliphatic carbocycles. The smallest absolute Gasteiger partial charge is 0.274 e. The molecule has 24 heavy (non-hydrogen) atoms. The number of carbonyl (C=O) groups is 1. The molecule has 2 aliphatic heterocycles. The van der Waals surface area contributed by atoms with Crippen LogP contribution in [-0.4, -0.2) is 33.1 Å². The fourth-order valence-electron chi connectivity index (χ4n) is 4.11. The number of benzene rings is 1. The summed E-state index contributed by atoms with van der Waals surface area (Å²) < 4.78 is 13.1. The summed E-state index contributed by atoms with van der Waals surface area (Å²) in [4.78, 5) is 25.8. The van der Waals surface area contributed by atoms with Crippen LogP contribution in [0.2, 0.25) is 0 Å². The molecule has 0 radical (unpaired) electrons. The van der Waals surface area contributed by atoms with Crippen molar-refractivity contribution in [1.29, 1.82) is 0 Å². The van der Waals surface area contributed by atoms with Gasteiger partial charge in [0.05, 0.1) is 0 Å². The summed E-state index contributed by atoms with van der Waals surface area (Å²) in [5, 5.41) is 6.19. The van der Waals surface area contributed by atoms with Gasteiger partial charge in [-0.15, -0.1) is 0 Å². The van der Waals surface area contributed by atoms with Gasteiger partial charge >= 0.3 is 0 Å². The molecular weight excluding hydrogens is 309 g/mol. The highest BCUT2D eigenvalue weighted by molar-refractivity contribution is 5.92. The van der Waals surface area contributed by atoms with E-state index in [4.69, 9.17) is 0 Å².